The molecule has 0 unspecified atom stereocenters. The molecule has 8 aliphatic rings. The summed E-state index contributed by atoms with van der Waals surface area (Å²) in [5, 5.41) is 15.7. The molecule has 20 rings (SSSR count). The number of anilines is 4. The van der Waals surface area contributed by atoms with Crippen LogP contribution < -0.4 is 40.9 Å². The van der Waals surface area contributed by atoms with Crippen LogP contribution in [0.25, 0.3) is 44.5 Å². The average molecular weight is 1820 g/mol. The molecule has 4 aromatic heterocycles. The van der Waals surface area contributed by atoms with Gasteiger partial charge >= 0.3 is 48.8 Å². The number of rotatable bonds is 12. The number of alkyl halides is 12. The third kappa shape index (κ3) is 16.8. The summed E-state index contributed by atoms with van der Waals surface area (Å²) in [7, 11) is 0. The Bertz CT molecular complexity index is 6120. The number of thiophene rings is 4. The first-order valence-corrected chi connectivity index (χ1v) is 41.7. The van der Waals surface area contributed by atoms with Crippen LogP contribution in [0.3, 0.4) is 0 Å². The second-order valence-corrected chi connectivity index (χ2v) is 33.2. The van der Waals surface area contributed by atoms with Crippen LogP contribution in [0, 0.1) is 34.9 Å². The highest BCUT2D eigenvalue weighted by atomic mass is 32.1. The molecule has 644 valence electrons. The molecule has 0 radical (unpaired) electrons. The van der Waals surface area contributed by atoms with Gasteiger partial charge in [0.2, 0.25) is 0 Å². The fourth-order valence-electron chi connectivity index (χ4n) is 15.7. The number of amides is 8. The van der Waals surface area contributed by atoms with Crippen molar-refractivity contribution in [2.24, 2.45) is 20.0 Å². The number of nitrogens with one attached hydrogen (secondary N) is 4. The fourth-order valence-corrected chi connectivity index (χ4v) is 18.8. The van der Waals surface area contributed by atoms with Crippen molar-refractivity contribution in [3.63, 3.8) is 0 Å². The molecule has 126 heavy (non-hydrogen) atoms. The van der Waals surface area contributed by atoms with Crippen LogP contribution in [0.1, 0.15) is 88.2 Å². The lowest BCUT2D eigenvalue weighted by molar-refractivity contribution is -0.135. The second kappa shape index (κ2) is 33.5. The molecule has 12 aromatic rings. The Morgan fingerprint density at radius 2 is 0.548 bits per heavy atom. The molecule has 0 saturated carbocycles. The Hall–Kier alpha value is -12.9. The first kappa shape index (κ1) is 85.2. The van der Waals surface area contributed by atoms with Gasteiger partial charge in [-0.2, -0.15) is 52.7 Å². The van der Waals surface area contributed by atoms with E-state index in [0.717, 1.165) is 81.5 Å². The molecule has 8 amide bonds. The van der Waals surface area contributed by atoms with Gasteiger partial charge in [-0.25, -0.2) is 45.5 Å². The van der Waals surface area contributed by atoms with Crippen LogP contribution in [0.5, 0.6) is 0 Å². The van der Waals surface area contributed by atoms with E-state index in [1.54, 1.807) is 71.1 Å². The van der Waals surface area contributed by atoms with Crippen molar-refractivity contribution < 1.29 is 98.2 Å². The molecule has 4 atom stereocenters. The normalized spacial score (nSPS) is 17.8. The van der Waals surface area contributed by atoms with Gasteiger partial charge in [0.25, 0.3) is 0 Å². The second-order valence-electron chi connectivity index (χ2n) is 29.5. The molecule has 16 nitrogen and oxygen atoms in total. The lowest BCUT2D eigenvalue weighted by atomic mass is 9.99. The summed E-state index contributed by atoms with van der Waals surface area (Å²) in [6.07, 6.45) is -8.08. The van der Waals surface area contributed by atoms with E-state index >= 15 is 8.78 Å². The number of aliphatic imine (C=N–C) groups is 4. The van der Waals surface area contributed by atoms with E-state index in [9.17, 15) is 89.4 Å². The summed E-state index contributed by atoms with van der Waals surface area (Å²) in [6, 6.07) is 34.9. The average Bonchev–Trinajstić information content (AvgIpc) is 1.60. The van der Waals surface area contributed by atoms with E-state index in [2.05, 4.69) is 41.2 Å². The first-order chi connectivity index (χ1) is 60.1. The van der Waals surface area contributed by atoms with Crippen LogP contribution in [0.4, 0.5) is 144 Å². The number of benzene rings is 8. The third-order valence-corrected chi connectivity index (χ3v) is 25.8. The van der Waals surface area contributed by atoms with Gasteiger partial charge in [-0.05, 0) is 162 Å². The van der Waals surface area contributed by atoms with E-state index < -0.39 is 115 Å². The van der Waals surface area contributed by atoms with E-state index in [1.165, 1.54) is 69.1 Å². The quantitative estimate of drug-likeness (QED) is 0.0890. The van der Waals surface area contributed by atoms with Gasteiger partial charge in [0.15, 0.2) is 23.3 Å². The van der Waals surface area contributed by atoms with Crippen LogP contribution in [0.15, 0.2) is 199 Å². The molecule has 12 heterocycles. The van der Waals surface area contributed by atoms with Crippen molar-refractivity contribution in [1.82, 2.24) is 21.3 Å². The monoisotopic (exact) mass is 1820 g/mol. The molecule has 4 saturated heterocycles. The van der Waals surface area contributed by atoms with Crippen molar-refractivity contribution in [2.45, 2.75) is 74.6 Å². The molecule has 38 heteroatoms. The number of hydrogen-bond donors (Lipinski definition) is 4. The van der Waals surface area contributed by atoms with Crippen molar-refractivity contribution in [3.8, 4) is 44.5 Å². The molecule has 4 fully saturated rings. The summed E-state index contributed by atoms with van der Waals surface area (Å²) < 4.78 is 244. The van der Waals surface area contributed by atoms with Gasteiger partial charge in [-0.1, -0.05) is 72.8 Å². The third-order valence-electron chi connectivity index (χ3n) is 21.9. The van der Waals surface area contributed by atoms with Crippen LogP contribution >= 0.6 is 45.3 Å². The minimum Gasteiger partial charge on any atom is -0.335 e. The highest BCUT2D eigenvalue weighted by molar-refractivity contribution is 7.11. The van der Waals surface area contributed by atoms with Gasteiger partial charge in [0.05, 0.1) is 46.9 Å². The van der Waals surface area contributed by atoms with E-state index in [-0.39, 0.29) is 93.9 Å². The molecule has 8 aromatic carbocycles. The smallest absolute Gasteiger partial charge is 0.335 e. The highest BCUT2D eigenvalue weighted by Gasteiger charge is 2.43. The maximum Gasteiger partial charge on any atom is 0.425 e. The fraction of sp³-hybridized carbons (Fsp3) is 0.182. The first-order valence-electron chi connectivity index (χ1n) is 38.2. The van der Waals surface area contributed by atoms with Crippen molar-refractivity contribution >= 4 is 140 Å². The number of urea groups is 4. The Kier molecular flexibility index (Phi) is 22.7. The predicted octanol–water partition coefficient (Wildman–Crippen LogP) is 24.7. The number of halogens is 18. The number of carbonyl (C=O) groups is 4. The zero-order chi connectivity index (χ0) is 88.7. The number of nitrogens with zero attached hydrogens (tertiary/aromatic N) is 8. The highest BCUT2D eigenvalue weighted by Crippen LogP contribution is 2.48. The van der Waals surface area contributed by atoms with Crippen molar-refractivity contribution in [1.29, 1.82) is 0 Å². The minimum absolute atomic E-state index is 0.0472. The van der Waals surface area contributed by atoms with Gasteiger partial charge in [-0.3, -0.25) is 39.6 Å². The Morgan fingerprint density at radius 3 is 0.810 bits per heavy atom. The lowest BCUT2D eigenvalue weighted by Crippen LogP contribution is -2.30. The van der Waals surface area contributed by atoms with Crippen LogP contribution in [-0.4, -0.2) is 75.2 Å². The predicted molar refractivity (Wildman–Crippen MR) is 446 cm³/mol. The number of fused-ring (bicyclic) bond motifs is 4. The summed E-state index contributed by atoms with van der Waals surface area (Å²) in [5.74, 6) is -6.19. The summed E-state index contributed by atoms with van der Waals surface area (Å²) in [4.78, 5) is 69.6. The standard InChI is InChI=1S/2C22H14F5N3OS.2C22H15F4N3OS/c2*23-19-14(12-7-18(32-10-12)22(25,26)27)3-4-15(20(19)24)17-9-29-21(31)30(17)13-2-1-11-5-6-28-16(11)8-13;2*23-17-7-13(2-4-16(17)14-8-20(31-11-14)22(24,25)26)19-10-28-21(30)29(19)15-3-1-12-5-6-27-18(12)9-15/h2*1-4,6-8,10,17H,5,9H2,(H,29,31);2*1-4,6-9,11,19H,5,10H2,(H,28,30)/t2*17-;2*19-/m1010/s1. The molecular formula is C88H58F18N12O4S4. The maximum absolute atomic E-state index is 15.1. The molecule has 4 N–H and O–H groups in total. The van der Waals surface area contributed by atoms with Crippen LogP contribution in [-0.2, 0) is 50.4 Å². The van der Waals surface area contributed by atoms with Gasteiger partial charge in [0.1, 0.15) is 31.1 Å². The summed E-state index contributed by atoms with van der Waals surface area (Å²) in [5.41, 5.74) is 10.3. The molecular weight excluding hydrogens is 1760 g/mol. The summed E-state index contributed by atoms with van der Waals surface area (Å²) in [6.45, 7) is 0.667. The van der Waals surface area contributed by atoms with E-state index in [0.29, 0.717) is 103 Å². The SMILES string of the molecule is O=C1NC[C@@H](c2ccc(-c3csc(C(F)(F)F)c3)c(F)c2)N1c1ccc2c(c1)N=CC2.O=C1NC[C@@H](c2ccc(-c3csc(C(F)(F)F)c3)c(F)c2F)N1c1ccc2c(c1)N=CC2.O=C1NC[C@H](c2ccc(-c3csc(C(F)(F)F)c3)c(F)c2)N1c1ccc2c(c1)N=CC2.O=C1NC[C@H](c2ccc(-c3csc(C(F)(F)F)c3)c(F)c2F)N1c1ccc2c(c1)N=CC2. The van der Waals surface area contributed by atoms with E-state index in [4.69, 9.17) is 0 Å². The topological polar surface area (TPSA) is 179 Å². The Morgan fingerprint density at radius 1 is 0.294 bits per heavy atom. The Balaban J connectivity index is 0.000000119. The zero-order valence-corrected chi connectivity index (χ0v) is 67.5. The van der Waals surface area contributed by atoms with E-state index in [1.807, 2.05) is 48.5 Å². The molecule has 0 aliphatic carbocycles. The molecule has 0 spiro atoms. The zero-order valence-electron chi connectivity index (χ0n) is 64.2. The van der Waals surface area contributed by atoms with Crippen LogP contribution in [0.2, 0.25) is 0 Å². The molecule has 0 bridgehead atoms. The van der Waals surface area contributed by atoms with Crippen molar-refractivity contribution in [3.05, 3.63) is 278 Å². The van der Waals surface area contributed by atoms with Crippen molar-refractivity contribution in [2.75, 3.05) is 45.8 Å². The van der Waals surface area contributed by atoms with Gasteiger partial charge < -0.3 is 21.3 Å². The Labute approximate surface area is 718 Å². The number of carbonyl (C=O) groups excluding carboxylic acids is 4. The molecule has 8 aliphatic heterocycles. The van der Waals surface area contributed by atoms with Gasteiger partial charge in [-0.15, -0.1) is 45.3 Å². The van der Waals surface area contributed by atoms with Gasteiger partial charge in [0, 0.05) is 133 Å². The summed E-state index contributed by atoms with van der Waals surface area (Å²) >= 11 is 1.89. The maximum atomic E-state index is 15.1. The minimum atomic E-state index is -4.56. The largest absolute Gasteiger partial charge is 0.425 e. The number of hydrogen-bond acceptors (Lipinski definition) is 12. The lowest BCUT2D eigenvalue weighted by Gasteiger charge is -2.24.